The molecule has 20 heavy (non-hydrogen) atoms. The summed E-state index contributed by atoms with van der Waals surface area (Å²) >= 11 is 7.56. The van der Waals surface area contributed by atoms with Crippen LogP contribution in [-0.4, -0.2) is 19.8 Å². The number of ether oxygens (including phenoxy) is 1. The zero-order valence-electron chi connectivity index (χ0n) is 11.4. The lowest BCUT2D eigenvalue weighted by atomic mass is 10.2. The van der Waals surface area contributed by atoms with Gasteiger partial charge in [0.1, 0.15) is 11.8 Å². The van der Waals surface area contributed by atoms with Crippen molar-refractivity contribution < 1.29 is 9.15 Å². The first kappa shape index (κ1) is 15.3. The molecule has 1 atom stereocenters. The molecule has 0 radical (unpaired) electrons. The summed E-state index contributed by atoms with van der Waals surface area (Å²) in [5, 5.41) is 3.43. The molecule has 0 aromatic carbocycles. The maximum Gasteiger partial charge on any atom is 0.126 e. The van der Waals surface area contributed by atoms with Crippen LogP contribution in [-0.2, 0) is 4.74 Å². The topological polar surface area (TPSA) is 34.4 Å². The van der Waals surface area contributed by atoms with E-state index in [4.69, 9.17) is 20.8 Å². The van der Waals surface area contributed by atoms with E-state index in [0.29, 0.717) is 13.2 Å². The van der Waals surface area contributed by atoms with Gasteiger partial charge in [0.15, 0.2) is 0 Å². The third kappa shape index (κ3) is 4.49. The Balaban J connectivity index is 1.93. The predicted molar refractivity (Wildman–Crippen MR) is 83.5 cm³/mol. The van der Waals surface area contributed by atoms with Gasteiger partial charge < -0.3 is 14.5 Å². The van der Waals surface area contributed by atoms with E-state index in [-0.39, 0.29) is 6.04 Å². The average molecular weight is 312 g/mol. The van der Waals surface area contributed by atoms with Gasteiger partial charge in [-0.1, -0.05) is 23.8 Å². The minimum atomic E-state index is 0.0101. The summed E-state index contributed by atoms with van der Waals surface area (Å²) in [6.45, 7) is 7.71. The maximum atomic E-state index is 6.01. The van der Waals surface area contributed by atoms with Gasteiger partial charge in [0, 0.05) is 11.4 Å². The van der Waals surface area contributed by atoms with E-state index >= 15 is 0 Å². The molecule has 0 spiro atoms. The summed E-state index contributed by atoms with van der Waals surface area (Å²) in [7, 11) is 0. The lowest BCUT2D eigenvalue weighted by molar-refractivity contribution is 0.156. The molecule has 5 heteroatoms. The molecule has 3 nitrogen and oxygen atoms in total. The summed E-state index contributed by atoms with van der Waals surface area (Å²) < 4.78 is 11.8. The molecule has 2 aromatic rings. The molecule has 0 aliphatic heterocycles. The zero-order chi connectivity index (χ0) is 14.4. The fraction of sp³-hybridized carbons (Fsp3) is 0.333. The largest absolute Gasteiger partial charge is 0.467 e. The number of hydrogen-bond donors (Lipinski definition) is 1. The molecule has 0 aliphatic carbocycles. The van der Waals surface area contributed by atoms with Crippen LogP contribution in [0.15, 0.2) is 47.1 Å². The summed E-state index contributed by atoms with van der Waals surface area (Å²) in [6.07, 6.45) is 1.68. The fourth-order valence-corrected chi connectivity index (χ4v) is 2.95. The van der Waals surface area contributed by atoms with E-state index in [9.17, 15) is 0 Å². The van der Waals surface area contributed by atoms with E-state index in [0.717, 1.165) is 27.1 Å². The van der Waals surface area contributed by atoms with Gasteiger partial charge in [-0.3, -0.25) is 0 Å². The summed E-state index contributed by atoms with van der Waals surface area (Å²) in [5.74, 6) is 0.878. The van der Waals surface area contributed by atoms with Crippen LogP contribution in [0.3, 0.4) is 0 Å². The van der Waals surface area contributed by atoms with Crippen molar-refractivity contribution in [3.8, 4) is 0 Å². The highest BCUT2D eigenvalue weighted by atomic mass is 35.5. The second kappa shape index (κ2) is 7.64. The van der Waals surface area contributed by atoms with Crippen molar-refractivity contribution >= 4 is 22.9 Å². The molecule has 108 valence electrons. The van der Waals surface area contributed by atoms with Gasteiger partial charge in [-0.05, 0) is 31.2 Å². The standard InChI is InChI=1S/C15H18ClNO2S/c1-11(2)10-18-9-7-17-15(12-4-3-8-19-12)13-5-6-14(16)20-13/h3-6,8,15,17H,1,7,9-10H2,2H3. The smallest absolute Gasteiger partial charge is 0.126 e. The van der Waals surface area contributed by atoms with Crippen molar-refractivity contribution in [3.63, 3.8) is 0 Å². The van der Waals surface area contributed by atoms with Crippen molar-refractivity contribution in [2.45, 2.75) is 13.0 Å². The molecule has 1 unspecified atom stereocenters. The third-order valence-corrected chi connectivity index (χ3v) is 3.95. The Bertz CT molecular complexity index is 536. The molecule has 1 N–H and O–H groups in total. The highest BCUT2D eigenvalue weighted by Crippen LogP contribution is 2.31. The molecule has 0 bridgehead atoms. The van der Waals surface area contributed by atoms with Crippen LogP contribution < -0.4 is 5.32 Å². The Labute approximate surface area is 128 Å². The van der Waals surface area contributed by atoms with E-state index < -0.39 is 0 Å². The maximum absolute atomic E-state index is 6.01. The molecule has 0 amide bonds. The molecule has 0 saturated heterocycles. The lowest BCUT2D eigenvalue weighted by Gasteiger charge is -2.15. The Kier molecular flexibility index (Phi) is 5.86. The van der Waals surface area contributed by atoms with Crippen LogP contribution in [0, 0.1) is 0 Å². The van der Waals surface area contributed by atoms with Gasteiger partial charge in [-0.15, -0.1) is 11.3 Å². The molecule has 2 rings (SSSR count). The van der Waals surface area contributed by atoms with Crippen LogP contribution >= 0.6 is 22.9 Å². The van der Waals surface area contributed by atoms with Gasteiger partial charge >= 0.3 is 0 Å². The van der Waals surface area contributed by atoms with Gasteiger partial charge in [-0.25, -0.2) is 0 Å². The van der Waals surface area contributed by atoms with E-state index in [1.807, 2.05) is 31.2 Å². The minimum Gasteiger partial charge on any atom is -0.467 e. The SMILES string of the molecule is C=C(C)COCCNC(c1ccco1)c1ccc(Cl)s1. The number of hydrogen-bond acceptors (Lipinski definition) is 4. The fourth-order valence-electron chi connectivity index (χ4n) is 1.80. The second-order valence-electron chi connectivity index (χ2n) is 4.55. The zero-order valence-corrected chi connectivity index (χ0v) is 13.0. The van der Waals surface area contributed by atoms with Gasteiger partial charge in [0.25, 0.3) is 0 Å². The first-order valence-corrected chi connectivity index (χ1v) is 7.60. The third-order valence-electron chi connectivity index (χ3n) is 2.65. The van der Waals surface area contributed by atoms with Gasteiger partial charge in [-0.2, -0.15) is 0 Å². The predicted octanol–water partition coefficient (Wildman–Crippen LogP) is 4.27. The molecule has 0 fully saturated rings. The van der Waals surface area contributed by atoms with Crippen LogP contribution in [0.2, 0.25) is 4.34 Å². The second-order valence-corrected chi connectivity index (χ2v) is 6.30. The van der Waals surface area contributed by atoms with Crippen LogP contribution in [0.5, 0.6) is 0 Å². The number of thiophene rings is 1. The quantitative estimate of drug-likeness (QED) is 0.584. The normalized spacial score (nSPS) is 12.5. The number of furan rings is 1. The Morgan fingerprint density at radius 3 is 2.95 bits per heavy atom. The number of rotatable bonds is 8. The van der Waals surface area contributed by atoms with Crippen molar-refractivity contribution in [3.05, 3.63) is 57.7 Å². The molecule has 2 aromatic heterocycles. The molecule has 0 saturated carbocycles. The summed E-state index contributed by atoms with van der Waals surface area (Å²) in [5.41, 5.74) is 1.03. The van der Waals surface area contributed by atoms with Crippen LogP contribution in [0.25, 0.3) is 0 Å². The van der Waals surface area contributed by atoms with Gasteiger partial charge in [0.05, 0.1) is 23.8 Å². The van der Waals surface area contributed by atoms with Crippen LogP contribution in [0.1, 0.15) is 23.6 Å². The molecule has 2 heterocycles. The van der Waals surface area contributed by atoms with Crippen molar-refractivity contribution in [2.24, 2.45) is 0 Å². The van der Waals surface area contributed by atoms with Crippen LogP contribution in [0.4, 0.5) is 0 Å². The molecule has 0 aliphatic rings. The van der Waals surface area contributed by atoms with Crippen molar-refractivity contribution in [1.82, 2.24) is 5.32 Å². The highest BCUT2D eigenvalue weighted by Gasteiger charge is 2.18. The molecular weight excluding hydrogens is 294 g/mol. The monoisotopic (exact) mass is 311 g/mol. The minimum absolute atomic E-state index is 0.0101. The number of halogens is 1. The van der Waals surface area contributed by atoms with Crippen molar-refractivity contribution in [2.75, 3.05) is 19.8 Å². The Morgan fingerprint density at radius 2 is 2.35 bits per heavy atom. The first-order valence-electron chi connectivity index (χ1n) is 6.41. The molecular formula is C15H18ClNO2S. The van der Waals surface area contributed by atoms with E-state index in [1.54, 1.807) is 17.6 Å². The van der Waals surface area contributed by atoms with Gasteiger partial charge in [0.2, 0.25) is 0 Å². The Morgan fingerprint density at radius 1 is 1.50 bits per heavy atom. The average Bonchev–Trinajstić information content (AvgIpc) is 3.05. The first-order chi connectivity index (χ1) is 9.66. The van der Waals surface area contributed by atoms with Crippen molar-refractivity contribution in [1.29, 1.82) is 0 Å². The van der Waals surface area contributed by atoms with E-state index in [2.05, 4.69) is 11.9 Å². The summed E-state index contributed by atoms with van der Waals surface area (Å²) in [6, 6.07) is 7.77. The highest BCUT2D eigenvalue weighted by molar-refractivity contribution is 7.16. The summed E-state index contributed by atoms with van der Waals surface area (Å²) in [4.78, 5) is 1.13. The lowest BCUT2D eigenvalue weighted by Crippen LogP contribution is -2.25. The Hall–Kier alpha value is -1.07. The number of nitrogens with one attached hydrogen (secondary N) is 1. The van der Waals surface area contributed by atoms with E-state index in [1.165, 1.54) is 0 Å².